The van der Waals surface area contributed by atoms with Crippen LogP contribution in [0.25, 0.3) is 0 Å². The lowest BCUT2D eigenvalue weighted by Gasteiger charge is -2.05. The fourth-order valence-corrected chi connectivity index (χ4v) is 5.14. The van der Waals surface area contributed by atoms with Crippen LogP contribution in [0.4, 0.5) is 0 Å². The molecule has 0 aromatic heterocycles. The fourth-order valence-electron chi connectivity index (χ4n) is 2.37. The standard InChI is InChI=1S/C20H14Cl2N2O4S2/c21-19(15-8-3-1-4-9-15)23-29(25,26)17-12-7-13-18(14-17)30(27,28)24-20(22)16-10-5-2-6-11-16/h1-14H. The number of hydrogen-bond acceptors (Lipinski definition) is 4. The van der Waals surface area contributed by atoms with Gasteiger partial charge in [0.15, 0.2) is 0 Å². The topological polar surface area (TPSA) is 93.0 Å². The fraction of sp³-hybridized carbons (Fsp3) is 0. The van der Waals surface area contributed by atoms with Crippen molar-refractivity contribution in [3.05, 3.63) is 96.1 Å². The average molecular weight is 481 g/mol. The molecule has 0 unspecified atom stereocenters. The van der Waals surface area contributed by atoms with Gasteiger partial charge in [0.1, 0.15) is 10.3 Å². The van der Waals surface area contributed by atoms with Crippen molar-refractivity contribution in [2.75, 3.05) is 0 Å². The van der Waals surface area contributed by atoms with Crippen molar-refractivity contribution in [3.63, 3.8) is 0 Å². The van der Waals surface area contributed by atoms with E-state index >= 15 is 0 Å². The first kappa shape index (κ1) is 22.2. The minimum Gasteiger partial charge on any atom is -0.199 e. The van der Waals surface area contributed by atoms with Crippen LogP contribution in [-0.4, -0.2) is 27.2 Å². The van der Waals surface area contributed by atoms with Crippen LogP contribution in [0, 0.1) is 0 Å². The average Bonchev–Trinajstić information content (AvgIpc) is 2.74. The van der Waals surface area contributed by atoms with Gasteiger partial charge in [0.2, 0.25) is 0 Å². The molecule has 0 aliphatic carbocycles. The maximum absolute atomic E-state index is 12.6. The van der Waals surface area contributed by atoms with Gasteiger partial charge in [0.25, 0.3) is 20.0 Å². The highest BCUT2D eigenvalue weighted by atomic mass is 35.5. The van der Waals surface area contributed by atoms with Gasteiger partial charge in [-0.1, -0.05) is 89.9 Å². The van der Waals surface area contributed by atoms with Gasteiger partial charge in [0.05, 0.1) is 9.79 Å². The second kappa shape index (κ2) is 9.09. The van der Waals surface area contributed by atoms with E-state index in [2.05, 4.69) is 8.80 Å². The predicted molar refractivity (Wildman–Crippen MR) is 118 cm³/mol. The highest BCUT2D eigenvalue weighted by molar-refractivity contribution is 7.91. The minimum atomic E-state index is -4.26. The van der Waals surface area contributed by atoms with E-state index in [1.54, 1.807) is 60.7 Å². The van der Waals surface area contributed by atoms with Crippen molar-refractivity contribution in [1.29, 1.82) is 0 Å². The third-order valence-electron chi connectivity index (χ3n) is 3.83. The van der Waals surface area contributed by atoms with Gasteiger partial charge in [-0.2, -0.15) is 16.8 Å². The monoisotopic (exact) mass is 480 g/mol. The molecule has 6 nitrogen and oxygen atoms in total. The SMILES string of the molecule is O=S(=O)(N=C(Cl)c1ccccc1)c1cccc(S(=O)(=O)N=C(Cl)c2ccccc2)c1. The number of hydrogen-bond donors (Lipinski definition) is 0. The molecule has 0 aliphatic rings. The van der Waals surface area contributed by atoms with Crippen molar-refractivity contribution >= 4 is 53.6 Å². The summed E-state index contributed by atoms with van der Waals surface area (Å²) in [6.45, 7) is 0. The zero-order chi connectivity index (χ0) is 21.8. The van der Waals surface area contributed by atoms with E-state index in [9.17, 15) is 16.8 Å². The molecule has 30 heavy (non-hydrogen) atoms. The number of rotatable bonds is 6. The first-order chi connectivity index (χ1) is 14.2. The molecule has 0 saturated carbocycles. The molecule has 0 N–H and O–H groups in total. The van der Waals surface area contributed by atoms with E-state index in [0.29, 0.717) is 11.1 Å². The van der Waals surface area contributed by atoms with Gasteiger partial charge in [-0.3, -0.25) is 0 Å². The van der Waals surface area contributed by atoms with E-state index in [4.69, 9.17) is 23.2 Å². The number of halogens is 2. The van der Waals surface area contributed by atoms with Crippen molar-refractivity contribution in [2.45, 2.75) is 9.79 Å². The zero-order valence-electron chi connectivity index (χ0n) is 15.2. The maximum atomic E-state index is 12.6. The molecular formula is C20H14Cl2N2O4S2. The second-order valence-electron chi connectivity index (χ2n) is 5.92. The van der Waals surface area contributed by atoms with Crippen LogP contribution in [0.5, 0.6) is 0 Å². The van der Waals surface area contributed by atoms with Crippen LogP contribution in [0.1, 0.15) is 11.1 Å². The van der Waals surface area contributed by atoms with Gasteiger partial charge < -0.3 is 0 Å². The summed E-state index contributed by atoms with van der Waals surface area (Å²) < 4.78 is 57.6. The number of benzene rings is 3. The lowest BCUT2D eigenvalue weighted by atomic mass is 10.2. The summed E-state index contributed by atoms with van der Waals surface area (Å²) in [5.41, 5.74) is 0.816. The van der Waals surface area contributed by atoms with Crippen LogP contribution < -0.4 is 0 Å². The molecule has 0 saturated heterocycles. The summed E-state index contributed by atoms with van der Waals surface area (Å²) in [7, 11) is -8.52. The van der Waals surface area contributed by atoms with Crippen LogP contribution in [-0.2, 0) is 20.0 Å². The Bertz CT molecular complexity index is 1220. The lowest BCUT2D eigenvalue weighted by Crippen LogP contribution is -2.05. The van der Waals surface area contributed by atoms with Gasteiger partial charge in [0, 0.05) is 11.1 Å². The smallest absolute Gasteiger partial charge is 0.199 e. The minimum absolute atomic E-state index is 0.242. The summed E-state index contributed by atoms with van der Waals surface area (Å²) in [6.07, 6.45) is 0. The Labute approximate surface area is 184 Å². The third-order valence-corrected chi connectivity index (χ3v) is 7.18. The molecule has 0 fully saturated rings. The first-order valence-electron chi connectivity index (χ1n) is 8.41. The lowest BCUT2D eigenvalue weighted by molar-refractivity contribution is 0.596. The van der Waals surface area contributed by atoms with E-state index < -0.39 is 20.0 Å². The Morgan fingerprint density at radius 2 is 0.933 bits per heavy atom. The normalized spacial score (nSPS) is 13.3. The van der Waals surface area contributed by atoms with E-state index in [-0.39, 0.29) is 20.1 Å². The Kier molecular flexibility index (Phi) is 6.72. The summed E-state index contributed by atoms with van der Waals surface area (Å²) in [5, 5.41) is -0.483. The molecule has 3 aromatic carbocycles. The summed E-state index contributed by atoms with van der Waals surface area (Å²) in [4.78, 5) is -0.688. The molecule has 0 heterocycles. The predicted octanol–water partition coefficient (Wildman–Crippen LogP) is 4.44. The number of sulfonamides is 2. The molecule has 3 aromatic rings. The molecule has 0 bridgehead atoms. The van der Waals surface area contributed by atoms with Crippen molar-refractivity contribution in [3.8, 4) is 0 Å². The second-order valence-corrected chi connectivity index (χ2v) is 9.85. The molecule has 10 heteroatoms. The van der Waals surface area contributed by atoms with Crippen LogP contribution >= 0.6 is 23.2 Å². The molecular weight excluding hydrogens is 467 g/mol. The Balaban J connectivity index is 1.97. The maximum Gasteiger partial charge on any atom is 0.283 e. The van der Waals surface area contributed by atoms with E-state index in [0.717, 1.165) is 6.07 Å². The highest BCUT2D eigenvalue weighted by Crippen LogP contribution is 2.22. The third kappa shape index (κ3) is 5.34. The molecule has 0 atom stereocenters. The molecule has 3 rings (SSSR count). The van der Waals surface area contributed by atoms with Gasteiger partial charge in [-0.25, -0.2) is 0 Å². The molecule has 154 valence electrons. The van der Waals surface area contributed by atoms with Gasteiger partial charge >= 0.3 is 0 Å². The zero-order valence-corrected chi connectivity index (χ0v) is 18.3. The van der Waals surface area contributed by atoms with Gasteiger partial charge in [-0.05, 0) is 18.2 Å². The highest BCUT2D eigenvalue weighted by Gasteiger charge is 2.20. The Hall–Kier alpha value is -2.52. The largest absolute Gasteiger partial charge is 0.283 e. The van der Waals surface area contributed by atoms with Crippen molar-refractivity contribution in [2.24, 2.45) is 8.80 Å². The van der Waals surface area contributed by atoms with Crippen molar-refractivity contribution < 1.29 is 16.8 Å². The van der Waals surface area contributed by atoms with Crippen LogP contribution in [0.3, 0.4) is 0 Å². The summed E-state index contributed by atoms with van der Waals surface area (Å²) in [6, 6.07) is 21.3. The molecule has 0 amide bonds. The Morgan fingerprint density at radius 1 is 0.567 bits per heavy atom. The molecule has 0 aliphatic heterocycles. The number of nitrogens with zero attached hydrogens (tertiary/aromatic N) is 2. The quantitative estimate of drug-likeness (QED) is 0.487. The Morgan fingerprint density at radius 3 is 1.30 bits per heavy atom. The molecule has 0 spiro atoms. The molecule has 0 radical (unpaired) electrons. The van der Waals surface area contributed by atoms with E-state index in [1.165, 1.54) is 18.2 Å². The summed E-state index contributed by atoms with van der Waals surface area (Å²) >= 11 is 12.0. The van der Waals surface area contributed by atoms with Crippen molar-refractivity contribution in [1.82, 2.24) is 0 Å². The summed E-state index contributed by atoms with van der Waals surface area (Å²) in [5.74, 6) is 0. The van der Waals surface area contributed by atoms with E-state index in [1.807, 2.05) is 0 Å². The van der Waals surface area contributed by atoms with Crippen LogP contribution in [0.15, 0.2) is 104 Å². The van der Waals surface area contributed by atoms with Gasteiger partial charge in [-0.15, -0.1) is 8.80 Å². The van der Waals surface area contributed by atoms with Crippen LogP contribution in [0.2, 0.25) is 0 Å². The first-order valence-corrected chi connectivity index (χ1v) is 12.0.